The molecule has 3 aromatic rings. The average molecular weight is 380 g/mol. The number of hydrogen-bond acceptors (Lipinski definition) is 5. The highest BCUT2D eigenvalue weighted by Crippen LogP contribution is 2.29. The predicted octanol–water partition coefficient (Wildman–Crippen LogP) is 3.75. The third-order valence-corrected chi connectivity index (χ3v) is 5.23. The summed E-state index contributed by atoms with van der Waals surface area (Å²) in [6.45, 7) is 0.971. The number of aryl methyl sites for hydroxylation is 1. The van der Waals surface area contributed by atoms with Gasteiger partial charge in [-0.1, -0.05) is 36.0 Å². The van der Waals surface area contributed by atoms with Crippen molar-refractivity contribution in [3.05, 3.63) is 70.4 Å². The minimum absolute atomic E-state index is 0.0111. The average Bonchev–Trinajstić information content (AvgIpc) is 3.24. The lowest BCUT2D eigenvalue weighted by atomic mass is 10.1. The number of carbonyl (C=O) groups is 1. The maximum atomic E-state index is 12.3. The smallest absolute Gasteiger partial charge is 0.269 e. The van der Waals surface area contributed by atoms with E-state index in [1.54, 1.807) is 23.9 Å². The molecule has 1 aliphatic rings. The van der Waals surface area contributed by atoms with E-state index in [2.05, 4.69) is 14.9 Å². The third kappa shape index (κ3) is 3.85. The number of rotatable bonds is 5. The van der Waals surface area contributed by atoms with Gasteiger partial charge >= 0.3 is 0 Å². The molecule has 0 saturated carbocycles. The molecule has 0 fully saturated rings. The van der Waals surface area contributed by atoms with Crippen molar-refractivity contribution < 1.29 is 9.72 Å². The summed E-state index contributed by atoms with van der Waals surface area (Å²) in [7, 11) is 0. The van der Waals surface area contributed by atoms with Crippen LogP contribution < -0.4 is 5.32 Å². The van der Waals surface area contributed by atoms with Gasteiger partial charge in [0, 0.05) is 41.9 Å². The quantitative estimate of drug-likeness (QED) is 0.538. The van der Waals surface area contributed by atoms with Crippen LogP contribution in [0.5, 0.6) is 0 Å². The van der Waals surface area contributed by atoms with Crippen LogP contribution in [-0.4, -0.2) is 26.1 Å². The Morgan fingerprint density at radius 2 is 2.07 bits per heavy atom. The topological polar surface area (TPSA) is 90.1 Å². The van der Waals surface area contributed by atoms with Crippen molar-refractivity contribution in [2.75, 3.05) is 11.1 Å². The van der Waals surface area contributed by atoms with Crippen LogP contribution in [0, 0.1) is 10.1 Å². The van der Waals surface area contributed by atoms with Crippen molar-refractivity contribution in [2.24, 2.45) is 0 Å². The first-order chi connectivity index (χ1) is 13.1. The Balaban J connectivity index is 1.44. The Morgan fingerprint density at radius 3 is 2.81 bits per heavy atom. The fraction of sp³-hybridized carbons (Fsp3) is 0.158. The number of carbonyl (C=O) groups excluding carboxylic acids is 1. The second-order valence-electron chi connectivity index (χ2n) is 6.18. The molecule has 7 nitrogen and oxygen atoms in total. The molecule has 4 rings (SSSR count). The molecule has 1 aromatic heterocycles. The van der Waals surface area contributed by atoms with Crippen LogP contribution >= 0.6 is 11.8 Å². The number of nitrogens with one attached hydrogen (secondary N) is 1. The van der Waals surface area contributed by atoms with Crippen LogP contribution in [0.1, 0.15) is 5.56 Å². The van der Waals surface area contributed by atoms with Gasteiger partial charge in [0.2, 0.25) is 5.91 Å². The van der Waals surface area contributed by atoms with Crippen molar-refractivity contribution in [3.8, 4) is 11.3 Å². The van der Waals surface area contributed by atoms with E-state index in [9.17, 15) is 14.9 Å². The summed E-state index contributed by atoms with van der Waals surface area (Å²) in [6.07, 6.45) is 2.19. The Kier molecular flexibility index (Phi) is 4.64. The van der Waals surface area contributed by atoms with Crippen LogP contribution in [0.3, 0.4) is 0 Å². The van der Waals surface area contributed by atoms with Gasteiger partial charge in [-0.3, -0.25) is 14.9 Å². The van der Waals surface area contributed by atoms with Crippen LogP contribution in [-0.2, 0) is 17.8 Å². The number of imidazole rings is 1. The minimum Gasteiger partial charge on any atom is -0.326 e. The predicted molar refractivity (Wildman–Crippen MR) is 104 cm³/mol. The fourth-order valence-corrected chi connectivity index (χ4v) is 3.87. The molecule has 2 aromatic carbocycles. The van der Waals surface area contributed by atoms with E-state index >= 15 is 0 Å². The molecule has 0 aliphatic carbocycles. The number of hydrogen-bond donors (Lipinski definition) is 1. The number of benzene rings is 2. The number of nitrogens with zero attached hydrogens (tertiary/aromatic N) is 3. The molecule has 1 aliphatic heterocycles. The van der Waals surface area contributed by atoms with E-state index in [0.29, 0.717) is 5.69 Å². The Labute approximate surface area is 159 Å². The Morgan fingerprint density at radius 1 is 1.26 bits per heavy atom. The summed E-state index contributed by atoms with van der Waals surface area (Å²) in [6, 6.07) is 13.6. The molecule has 27 heavy (non-hydrogen) atoms. The zero-order valence-corrected chi connectivity index (χ0v) is 15.1. The lowest BCUT2D eigenvalue weighted by molar-refractivity contribution is -0.384. The van der Waals surface area contributed by atoms with E-state index in [4.69, 9.17) is 0 Å². The van der Waals surface area contributed by atoms with Gasteiger partial charge in [-0.15, -0.1) is 0 Å². The Bertz CT molecular complexity index is 993. The zero-order chi connectivity index (χ0) is 18.8. The number of nitro groups is 1. The molecule has 2 heterocycles. The summed E-state index contributed by atoms with van der Waals surface area (Å²) in [5, 5.41) is 14.6. The minimum atomic E-state index is -0.459. The summed E-state index contributed by atoms with van der Waals surface area (Å²) < 4.78 is 2.14. The van der Waals surface area contributed by atoms with Gasteiger partial charge in [0.15, 0.2) is 5.16 Å². The van der Waals surface area contributed by atoms with E-state index < -0.39 is 4.92 Å². The summed E-state index contributed by atoms with van der Waals surface area (Å²) in [4.78, 5) is 27.2. The molecular weight excluding hydrogens is 364 g/mol. The number of aromatic nitrogens is 2. The van der Waals surface area contributed by atoms with Gasteiger partial charge < -0.3 is 9.88 Å². The highest BCUT2D eigenvalue weighted by Gasteiger charge is 2.15. The van der Waals surface area contributed by atoms with Gasteiger partial charge in [0.05, 0.1) is 17.0 Å². The largest absolute Gasteiger partial charge is 0.326 e. The Hall–Kier alpha value is -3.13. The van der Waals surface area contributed by atoms with Gasteiger partial charge in [0.1, 0.15) is 0 Å². The molecule has 136 valence electrons. The first kappa shape index (κ1) is 17.3. The number of thioether (sulfide) groups is 1. The summed E-state index contributed by atoms with van der Waals surface area (Å²) in [5.74, 6) is 0.880. The second kappa shape index (κ2) is 7.24. The lowest BCUT2D eigenvalue weighted by Gasteiger charge is -2.07. The van der Waals surface area contributed by atoms with Crippen LogP contribution in [0.4, 0.5) is 11.4 Å². The zero-order valence-electron chi connectivity index (χ0n) is 14.3. The molecule has 0 unspecified atom stereocenters. The monoisotopic (exact) mass is 380 g/mol. The summed E-state index contributed by atoms with van der Waals surface area (Å²) >= 11 is 1.74. The fourth-order valence-electron chi connectivity index (χ4n) is 2.93. The first-order valence-electron chi connectivity index (χ1n) is 8.42. The summed E-state index contributed by atoms with van der Waals surface area (Å²) in [5.41, 5.74) is 3.27. The van der Waals surface area contributed by atoms with E-state index in [0.717, 1.165) is 34.3 Å². The number of nitro benzene ring substituents is 1. The van der Waals surface area contributed by atoms with Crippen LogP contribution in [0.15, 0.2) is 59.9 Å². The van der Waals surface area contributed by atoms with Crippen molar-refractivity contribution in [2.45, 2.75) is 18.1 Å². The number of non-ortho nitro benzene ring substituents is 1. The normalized spacial score (nSPS) is 12.6. The standard InChI is InChI=1S/C19H16N4O3S/c24-18(10-13-4-6-16(7-5-13)23(25)26)20-15-3-1-2-14(11-15)17-12-22-8-9-27-19(22)21-17/h1-7,11-12H,8-10H2,(H,20,24). The molecular formula is C19H16N4O3S. The van der Waals surface area contributed by atoms with Crippen molar-refractivity contribution >= 4 is 29.0 Å². The molecule has 0 radical (unpaired) electrons. The molecule has 0 saturated heterocycles. The maximum Gasteiger partial charge on any atom is 0.269 e. The van der Waals surface area contributed by atoms with Crippen molar-refractivity contribution in [1.82, 2.24) is 9.55 Å². The molecule has 1 N–H and O–H groups in total. The highest BCUT2D eigenvalue weighted by molar-refractivity contribution is 7.99. The molecule has 0 atom stereocenters. The third-order valence-electron chi connectivity index (χ3n) is 4.26. The van der Waals surface area contributed by atoms with E-state index in [1.165, 1.54) is 12.1 Å². The van der Waals surface area contributed by atoms with E-state index in [-0.39, 0.29) is 18.0 Å². The lowest BCUT2D eigenvalue weighted by Crippen LogP contribution is -2.14. The number of amides is 1. The molecule has 0 bridgehead atoms. The van der Waals surface area contributed by atoms with Crippen molar-refractivity contribution in [3.63, 3.8) is 0 Å². The number of anilines is 1. The maximum absolute atomic E-state index is 12.3. The van der Waals surface area contributed by atoms with Gasteiger partial charge in [-0.25, -0.2) is 4.98 Å². The highest BCUT2D eigenvalue weighted by atomic mass is 32.2. The molecule has 0 spiro atoms. The van der Waals surface area contributed by atoms with E-state index in [1.807, 2.05) is 30.5 Å². The van der Waals surface area contributed by atoms with Gasteiger partial charge in [-0.05, 0) is 17.7 Å². The number of fused-ring (bicyclic) bond motifs is 1. The van der Waals surface area contributed by atoms with Crippen LogP contribution in [0.2, 0.25) is 0 Å². The van der Waals surface area contributed by atoms with Gasteiger partial charge in [-0.2, -0.15) is 0 Å². The SMILES string of the molecule is O=C(Cc1ccc([N+](=O)[O-])cc1)Nc1cccc(-c2cn3c(n2)SCC3)c1. The molecule has 8 heteroatoms. The molecule has 1 amide bonds. The van der Waals surface area contributed by atoms with Crippen LogP contribution in [0.25, 0.3) is 11.3 Å². The van der Waals surface area contributed by atoms with Crippen molar-refractivity contribution in [1.29, 1.82) is 0 Å². The first-order valence-corrected chi connectivity index (χ1v) is 9.41. The second-order valence-corrected chi connectivity index (χ2v) is 7.24. The van der Waals surface area contributed by atoms with Gasteiger partial charge in [0.25, 0.3) is 5.69 Å².